The summed E-state index contributed by atoms with van der Waals surface area (Å²) in [6, 6.07) is 3.07. The molecule has 0 unspecified atom stereocenters. The van der Waals surface area contributed by atoms with Crippen LogP contribution in [0, 0.1) is 5.82 Å². The first-order chi connectivity index (χ1) is 16.2. The highest BCUT2D eigenvalue weighted by Crippen LogP contribution is 2.36. The van der Waals surface area contributed by atoms with Crippen molar-refractivity contribution in [3.8, 4) is 0 Å². The van der Waals surface area contributed by atoms with Crippen LogP contribution in [0.5, 0.6) is 0 Å². The lowest BCUT2D eigenvalue weighted by molar-refractivity contribution is -0.161. The van der Waals surface area contributed by atoms with Gasteiger partial charge in [0, 0.05) is 40.9 Å². The minimum Gasteiger partial charge on any atom is -0.480 e. The summed E-state index contributed by atoms with van der Waals surface area (Å²) in [7, 11) is 1.22. The summed E-state index contributed by atoms with van der Waals surface area (Å²) in [6.07, 6.45) is 1.60. The van der Waals surface area contributed by atoms with Crippen LogP contribution in [-0.2, 0) is 19.1 Å². The molecule has 2 aliphatic heterocycles. The number of carboxylic acid groups (broad SMARTS) is 1. The molecule has 2 N–H and O–H groups in total. The summed E-state index contributed by atoms with van der Waals surface area (Å²) >= 11 is 7.25. The Labute approximate surface area is 203 Å². The summed E-state index contributed by atoms with van der Waals surface area (Å²) in [5.41, 5.74) is -0.782. The molecule has 0 amide bonds. The number of thiazole rings is 1. The van der Waals surface area contributed by atoms with E-state index in [0.717, 1.165) is 6.07 Å². The summed E-state index contributed by atoms with van der Waals surface area (Å²) in [4.78, 5) is 35.6. The minimum absolute atomic E-state index is 0.0220. The largest absolute Gasteiger partial charge is 0.480 e. The topological polar surface area (TPSA) is 113 Å². The van der Waals surface area contributed by atoms with Gasteiger partial charge in [-0.05, 0) is 19.1 Å². The van der Waals surface area contributed by atoms with Gasteiger partial charge in [-0.2, -0.15) is 0 Å². The van der Waals surface area contributed by atoms with Crippen molar-refractivity contribution in [1.29, 1.82) is 0 Å². The molecule has 9 nitrogen and oxygen atoms in total. The number of amidine groups is 1. The fourth-order valence-corrected chi connectivity index (χ4v) is 4.64. The Hall–Kier alpha value is -2.86. The zero-order valence-corrected chi connectivity index (χ0v) is 20.0. The molecular formula is C22H22ClFN4O5S. The van der Waals surface area contributed by atoms with Crippen molar-refractivity contribution in [1.82, 2.24) is 15.2 Å². The first kappa shape index (κ1) is 24.3. The van der Waals surface area contributed by atoms with E-state index in [1.807, 2.05) is 0 Å². The average molecular weight is 509 g/mol. The quantitative estimate of drug-likeness (QED) is 0.572. The molecule has 0 aliphatic carbocycles. The van der Waals surface area contributed by atoms with E-state index in [0.29, 0.717) is 29.7 Å². The number of morpholine rings is 1. The molecule has 0 bridgehead atoms. The number of ether oxygens (including phenoxy) is 2. The van der Waals surface area contributed by atoms with Crippen LogP contribution in [0.2, 0.25) is 5.02 Å². The highest BCUT2D eigenvalue weighted by atomic mass is 35.5. The number of aromatic nitrogens is 1. The predicted molar refractivity (Wildman–Crippen MR) is 123 cm³/mol. The zero-order chi connectivity index (χ0) is 24.5. The fourth-order valence-electron chi connectivity index (χ4n) is 3.89. The van der Waals surface area contributed by atoms with Gasteiger partial charge in [0.2, 0.25) is 0 Å². The van der Waals surface area contributed by atoms with Crippen molar-refractivity contribution >= 4 is 40.7 Å². The summed E-state index contributed by atoms with van der Waals surface area (Å²) in [6.45, 7) is 2.21. The van der Waals surface area contributed by atoms with E-state index in [2.05, 4.69) is 15.3 Å². The van der Waals surface area contributed by atoms with Gasteiger partial charge in [-0.15, -0.1) is 11.3 Å². The lowest BCUT2D eigenvalue weighted by Gasteiger charge is -2.42. The van der Waals surface area contributed by atoms with Crippen LogP contribution < -0.4 is 5.32 Å². The van der Waals surface area contributed by atoms with Crippen molar-refractivity contribution < 1.29 is 28.6 Å². The Kier molecular flexibility index (Phi) is 6.99. The number of hydrogen-bond donors (Lipinski definition) is 2. The molecular weight excluding hydrogens is 487 g/mol. The number of carbonyl (C=O) groups excluding carboxylic acids is 1. The molecule has 2 aliphatic rings. The molecule has 34 heavy (non-hydrogen) atoms. The maximum atomic E-state index is 15.0. The van der Waals surface area contributed by atoms with Gasteiger partial charge in [0.15, 0.2) is 10.8 Å². The molecule has 3 heterocycles. The van der Waals surface area contributed by atoms with Gasteiger partial charge < -0.3 is 19.9 Å². The maximum absolute atomic E-state index is 15.0. The average Bonchev–Trinajstić information content (AvgIpc) is 3.35. The predicted octanol–water partition coefficient (Wildman–Crippen LogP) is 2.63. The molecule has 0 radical (unpaired) electrons. The van der Waals surface area contributed by atoms with Gasteiger partial charge in [0.1, 0.15) is 17.4 Å². The van der Waals surface area contributed by atoms with E-state index in [1.165, 1.54) is 30.6 Å². The van der Waals surface area contributed by atoms with E-state index in [9.17, 15) is 19.1 Å². The Balaban J connectivity index is 1.85. The SMILES string of the molecule is COC(=O)C1=C(CN2CCOC[C@]2(C)C(=O)O)NC(c2nccs2)=N[C@H]1c1ccc(Cl)cc1F. The van der Waals surface area contributed by atoms with Crippen LogP contribution in [0.15, 0.2) is 46.0 Å². The molecule has 1 aromatic carbocycles. The third-order valence-corrected chi connectivity index (χ3v) is 6.83. The Morgan fingerprint density at radius 3 is 2.91 bits per heavy atom. The molecule has 180 valence electrons. The number of carboxylic acids is 1. The van der Waals surface area contributed by atoms with Crippen molar-refractivity contribution in [3.63, 3.8) is 0 Å². The lowest BCUT2D eigenvalue weighted by atomic mass is 9.93. The van der Waals surface area contributed by atoms with Crippen LogP contribution in [0.1, 0.15) is 23.5 Å². The number of halogens is 2. The molecule has 2 atom stereocenters. The monoisotopic (exact) mass is 508 g/mol. The number of methoxy groups -OCH3 is 1. The zero-order valence-electron chi connectivity index (χ0n) is 18.4. The van der Waals surface area contributed by atoms with E-state index >= 15 is 0 Å². The summed E-state index contributed by atoms with van der Waals surface area (Å²) in [5, 5.41) is 15.5. The third-order valence-electron chi connectivity index (χ3n) is 5.82. The number of nitrogens with zero attached hydrogens (tertiary/aromatic N) is 3. The summed E-state index contributed by atoms with van der Waals surface area (Å²) < 4.78 is 25.4. The van der Waals surface area contributed by atoms with Gasteiger partial charge in [0.05, 0.1) is 25.9 Å². The van der Waals surface area contributed by atoms with Gasteiger partial charge in [-0.25, -0.2) is 14.2 Å². The minimum atomic E-state index is -1.33. The number of carbonyl (C=O) groups is 2. The number of nitrogens with one attached hydrogen (secondary N) is 1. The van der Waals surface area contributed by atoms with Crippen molar-refractivity contribution in [2.45, 2.75) is 18.5 Å². The molecule has 1 aromatic heterocycles. The highest BCUT2D eigenvalue weighted by Gasteiger charge is 2.44. The van der Waals surface area contributed by atoms with E-state index in [1.54, 1.807) is 23.4 Å². The van der Waals surface area contributed by atoms with Crippen LogP contribution >= 0.6 is 22.9 Å². The number of aliphatic carboxylic acids is 1. The van der Waals surface area contributed by atoms with Gasteiger partial charge >= 0.3 is 11.9 Å². The van der Waals surface area contributed by atoms with Gasteiger partial charge in [-0.3, -0.25) is 14.7 Å². The molecule has 1 fully saturated rings. The van der Waals surface area contributed by atoms with Crippen LogP contribution in [0.3, 0.4) is 0 Å². The molecule has 2 aromatic rings. The van der Waals surface area contributed by atoms with E-state index in [4.69, 9.17) is 21.1 Å². The first-order valence-electron chi connectivity index (χ1n) is 10.3. The molecule has 4 rings (SSSR count). The second-order valence-corrected chi connectivity index (χ2v) is 9.28. The Morgan fingerprint density at radius 2 is 2.26 bits per heavy atom. The second-order valence-electron chi connectivity index (χ2n) is 7.95. The standard InChI is InChI=1S/C22H22ClFN4O5S/c1-22(21(30)31)11-33-7-6-28(22)10-15-16(20(29)32-2)17(13-4-3-12(23)9-14(13)24)27-18(26-15)19-25-5-8-34-19/h3-5,8-9,17H,6-7,10-11H2,1-2H3,(H,26,27)(H,30,31)/t17-,22+/m0/s1. The van der Waals surface area contributed by atoms with Crippen molar-refractivity contribution in [2.75, 3.05) is 33.4 Å². The number of aliphatic imine (C=N–C) groups is 1. The molecule has 0 saturated carbocycles. The highest BCUT2D eigenvalue weighted by molar-refractivity contribution is 7.11. The van der Waals surface area contributed by atoms with Crippen LogP contribution in [0.25, 0.3) is 0 Å². The fraction of sp³-hybridized carbons (Fsp3) is 0.364. The van der Waals surface area contributed by atoms with Gasteiger partial charge in [-0.1, -0.05) is 17.7 Å². The number of benzene rings is 1. The third kappa shape index (κ3) is 4.56. The first-order valence-corrected chi connectivity index (χ1v) is 11.6. The maximum Gasteiger partial charge on any atom is 0.338 e. The number of rotatable bonds is 6. The van der Waals surface area contributed by atoms with E-state index in [-0.39, 0.29) is 29.3 Å². The smallest absolute Gasteiger partial charge is 0.338 e. The number of hydrogen-bond acceptors (Lipinski definition) is 9. The van der Waals surface area contributed by atoms with Crippen LogP contribution in [0.4, 0.5) is 4.39 Å². The van der Waals surface area contributed by atoms with Gasteiger partial charge in [0.25, 0.3) is 0 Å². The van der Waals surface area contributed by atoms with E-state index < -0.39 is 29.3 Å². The molecule has 1 saturated heterocycles. The molecule has 0 spiro atoms. The lowest BCUT2D eigenvalue weighted by Crippen LogP contribution is -2.61. The summed E-state index contributed by atoms with van der Waals surface area (Å²) in [5.74, 6) is -2.07. The Bertz CT molecular complexity index is 1170. The Morgan fingerprint density at radius 1 is 1.47 bits per heavy atom. The van der Waals surface area contributed by atoms with Crippen molar-refractivity contribution in [2.24, 2.45) is 4.99 Å². The molecule has 12 heteroatoms. The van der Waals surface area contributed by atoms with Crippen molar-refractivity contribution in [3.05, 3.63) is 62.5 Å². The second kappa shape index (κ2) is 9.79. The van der Waals surface area contributed by atoms with Crippen LogP contribution in [-0.4, -0.2) is 71.7 Å². The number of esters is 1. The normalized spacial score (nSPS) is 23.3.